The monoisotopic (exact) mass is 315 g/mol. The standard InChI is InChI=1S/C13H14FNO3S2/c1-13(16,12-7-4-8-19-12)9-15-20(17,18)11-6-3-2-5-10(11)14/h2-8,15-16H,9H2,1H3. The van der Waals surface area contributed by atoms with Gasteiger partial charge in [-0.15, -0.1) is 11.3 Å². The maximum atomic E-state index is 13.5. The van der Waals surface area contributed by atoms with Crippen molar-refractivity contribution in [1.29, 1.82) is 0 Å². The lowest BCUT2D eigenvalue weighted by Crippen LogP contribution is -2.38. The van der Waals surface area contributed by atoms with Gasteiger partial charge in [0.1, 0.15) is 16.3 Å². The Morgan fingerprint density at radius 1 is 1.30 bits per heavy atom. The van der Waals surface area contributed by atoms with Crippen LogP contribution in [0, 0.1) is 5.82 Å². The molecule has 1 aromatic heterocycles. The van der Waals surface area contributed by atoms with Crippen LogP contribution in [0.4, 0.5) is 4.39 Å². The van der Waals surface area contributed by atoms with Crippen LogP contribution in [0.5, 0.6) is 0 Å². The van der Waals surface area contributed by atoms with Crippen LogP contribution in [0.15, 0.2) is 46.7 Å². The molecule has 2 N–H and O–H groups in total. The van der Waals surface area contributed by atoms with E-state index in [1.807, 2.05) is 0 Å². The van der Waals surface area contributed by atoms with Gasteiger partial charge in [0, 0.05) is 11.4 Å². The number of rotatable bonds is 5. The lowest BCUT2D eigenvalue weighted by atomic mass is 10.1. The molecule has 0 amide bonds. The fraction of sp³-hybridized carbons (Fsp3) is 0.231. The minimum absolute atomic E-state index is 0.232. The molecule has 1 atom stereocenters. The minimum atomic E-state index is -4.00. The molecule has 0 aliphatic heterocycles. The number of sulfonamides is 1. The Kier molecular flexibility index (Phi) is 4.24. The summed E-state index contributed by atoms with van der Waals surface area (Å²) < 4.78 is 39.8. The molecule has 0 saturated carbocycles. The number of hydrogen-bond donors (Lipinski definition) is 2. The molecule has 0 radical (unpaired) electrons. The molecular formula is C13H14FNO3S2. The van der Waals surface area contributed by atoms with Gasteiger partial charge in [-0.2, -0.15) is 0 Å². The zero-order valence-corrected chi connectivity index (χ0v) is 12.3. The van der Waals surface area contributed by atoms with Gasteiger partial charge in [0.05, 0.1) is 0 Å². The molecule has 4 nitrogen and oxygen atoms in total. The summed E-state index contributed by atoms with van der Waals surface area (Å²) in [5.74, 6) is -0.823. The SMILES string of the molecule is CC(O)(CNS(=O)(=O)c1ccccc1F)c1cccs1. The molecule has 0 spiro atoms. The van der Waals surface area contributed by atoms with E-state index in [4.69, 9.17) is 0 Å². The molecule has 0 aliphatic carbocycles. The summed E-state index contributed by atoms with van der Waals surface area (Å²) in [5.41, 5.74) is -1.34. The van der Waals surface area contributed by atoms with Crippen molar-refractivity contribution in [3.63, 3.8) is 0 Å². The first-order valence-electron chi connectivity index (χ1n) is 5.83. The van der Waals surface area contributed by atoms with Crippen molar-refractivity contribution in [3.8, 4) is 0 Å². The molecule has 7 heteroatoms. The number of hydrogen-bond acceptors (Lipinski definition) is 4. The quantitative estimate of drug-likeness (QED) is 0.888. The predicted octanol–water partition coefficient (Wildman–Crippen LogP) is 2.07. The van der Waals surface area contributed by atoms with Crippen LogP contribution in [0.2, 0.25) is 0 Å². The zero-order valence-electron chi connectivity index (χ0n) is 10.7. The van der Waals surface area contributed by atoms with Gasteiger partial charge in [-0.25, -0.2) is 17.5 Å². The van der Waals surface area contributed by atoms with Gasteiger partial charge in [-0.1, -0.05) is 18.2 Å². The second kappa shape index (κ2) is 5.61. The zero-order chi connectivity index (χ0) is 14.8. The van der Waals surface area contributed by atoms with Gasteiger partial charge < -0.3 is 5.11 Å². The molecular weight excluding hydrogens is 301 g/mol. The average Bonchev–Trinajstić information content (AvgIpc) is 2.92. The van der Waals surface area contributed by atoms with Gasteiger partial charge in [-0.3, -0.25) is 0 Å². The van der Waals surface area contributed by atoms with E-state index in [1.54, 1.807) is 17.5 Å². The highest BCUT2D eigenvalue weighted by molar-refractivity contribution is 7.89. The van der Waals surface area contributed by atoms with E-state index < -0.39 is 26.3 Å². The van der Waals surface area contributed by atoms with Gasteiger partial charge in [0.15, 0.2) is 0 Å². The summed E-state index contributed by atoms with van der Waals surface area (Å²) in [4.78, 5) is 0.204. The summed E-state index contributed by atoms with van der Waals surface area (Å²) in [6.45, 7) is 1.27. The second-order valence-electron chi connectivity index (χ2n) is 4.51. The van der Waals surface area contributed by atoms with Crippen LogP contribution in [0.3, 0.4) is 0 Å². The molecule has 0 saturated heterocycles. The van der Waals surface area contributed by atoms with Crippen LogP contribution in [0.1, 0.15) is 11.8 Å². The normalized spacial score (nSPS) is 14.9. The maximum Gasteiger partial charge on any atom is 0.243 e. The lowest BCUT2D eigenvalue weighted by molar-refractivity contribution is 0.0666. The Labute approximate surface area is 120 Å². The molecule has 108 valence electrons. The second-order valence-corrected chi connectivity index (χ2v) is 7.19. The largest absolute Gasteiger partial charge is 0.383 e. The fourth-order valence-corrected chi connectivity index (χ4v) is 3.64. The van der Waals surface area contributed by atoms with Gasteiger partial charge in [-0.05, 0) is 30.5 Å². The first-order chi connectivity index (χ1) is 9.33. The summed E-state index contributed by atoms with van der Waals surface area (Å²) in [6.07, 6.45) is 0. The van der Waals surface area contributed by atoms with E-state index in [1.165, 1.54) is 36.5 Å². The number of thiophene rings is 1. The van der Waals surface area contributed by atoms with Crippen LogP contribution in [-0.2, 0) is 15.6 Å². The van der Waals surface area contributed by atoms with E-state index in [-0.39, 0.29) is 6.54 Å². The third-order valence-electron chi connectivity index (χ3n) is 2.78. The van der Waals surface area contributed by atoms with E-state index in [0.29, 0.717) is 4.88 Å². The van der Waals surface area contributed by atoms with Crippen molar-refractivity contribution < 1.29 is 17.9 Å². The number of halogens is 1. The molecule has 0 bridgehead atoms. The van der Waals surface area contributed by atoms with E-state index in [0.717, 1.165) is 6.07 Å². The third kappa shape index (κ3) is 3.24. The predicted molar refractivity (Wildman–Crippen MR) is 75.5 cm³/mol. The Hall–Kier alpha value is -1.28. The first-order valence-corrected chi connectivity index (χ1v) is 8.20. The van der Waals surface area contributed by atoms with Crippen LogP contribution in [-0.4, -0.2) is 20.1 Å². The summed E-state index contributed by atoms with van der Waals surface area (Å²) in [6, 6.07) is 8.58. The van der Waals surface area contributed by atoms with E-state index in [9.17, 15) is 17.9 Å². The average molecular weight is 315 g/mol. The van der Waals surface area contributed by atoms with Crippen molar-refractivity contribution in [2.75, 3.05) is 6.54 Å². The van der Waals surface area contributed by atoms with Crippen molar-refractivity contribution in [3.05, 3.63) is 52.5 Å². The topological polar surface area (TPSA) is 66.4 Å². The first kappa shape index (κ1) is 15.1. The Bertz CT molecular complexity index is 681. The molecule has 1 heterocycles. The van der Waals surface area contributed by atoms with Crippen LogP contribution < -0.4 is 4.72 Å². The molecule has 0 fully saturated rings. The minimum Gasteiger partial charge on any atom is -0.383 e. The van der Waals surface area contributed by atoms with Gasteiger partial charge >= 0.3 is 0 Å². The molecule has 2 aromatic rings. The molecule has 0 aliphatic rings. The van der Waals surface area contributed by atoms with E-state index >= 15 is 0 Å². The Morgan fingerprint density at radius 3 is 2.60 bits per heavy atom. The summed E-state index contributed by atoms with van der Waals surface area (Å²) >= 11 is 1.32. The molecule has 2 rings (SSSR count). The molecule has 20 heavy (non-hydrogen) atoms. The van der Waals surface area contributed by atoms with Crippen LogP contribution >= 0.6 is 11.3 Å². The fourth-order valence-electron chi connectivity index (χ4n) is 1.65. The van der Waals surface area contributed by atoms with Gasteiger partial charge in [0.25, 0.3) is 0 Å². The highest BCUT2D eigenvalue weighted by atomic mass is 32.2. The number of nitrogens with one attached hydrogen (secondary N) is 1. The highest BCUT2D eigenvalue weighted by Gasteiger charge is 2.28. The van der Waals surface area contributed by atoms with Crippen LogP contribution in [0.25, 0.3) is 0 Å². The van der Waals surface area contributed by atoms with Crippen molar-refractivity contribution >= 4 is 21.4 Å². The Balaban J connectivity index is 2.17. The Morgan fingerprint density at radius 2 is 2.00 bits per heavy atom. The molecule has 1 aromatic carbocycles. The van der Waals surface area contributed by atoms with Crippen molar-refractivity contribution in [2.24, 2.45) is 0 Å². The maximum absolute atomic E-state index is 13.5. The van der Waals surface area contributed by atoms with Crippen molar-refractivity contribution in [1.82, 2.24) is 4.72 Å². The lowest BCUT2D eigenvalue weighted by Gasteiger charge is -2.22. The third-order valence-corrected chi connectivity index (χ3v) is 5.34. The van der Waals surface area contributed by atoms with E-state index in [2.05, 4.69) is 4.72 Å². The number of aliphatic hydroxyl groups is 1. The number of benzene rings is 1. The smallest absolute Gasteiger partial charge is 0.243 e. The highest BCUT2D eigenvalue weighted by Crippen LogP contribution is 2.25. The van der Waals surface area contributed by atoms with Gasteiger partial charge in [0.2, 0.25) is 10.0 Å². The summed E-state index contributed by atoms with van der Waals surface area (Å²) in [7, 11) is -4.00. The summed E-state index contributed by atoms with van der Waals surface area (Å²) in [5, 5.41) is 12.0. The molecule has 1 unspecified atom stereocenters. The van der Waals surface area contributed by atoms with Crippen molar-refractivity contribution in [2.45, 2.75) is 17.4 Å².